The maximum atomic E-state index is 5.78. The van der Waals surface area contributed by atoms with Crippen LogP contribution in [0.3, 0.4) is 0 Å². The van der Waals surface area contributed by atoms with Gasteiger partial charge in [0.2, 0.25) is 0 Å². The van der Waals surface area contributed by atoms with Crippen molar-refractivity contribution in [3.8, 4) is 0 Å². The van der Waals surface area contributed by atoms with E-state index in [2.05, 4.69) is 24.9 Å². The van der Waals surface area contributed by atoms with Crippen LogP contribution in [0.25, 0.3) is 0 Å². The lowest BCUT2D eigenvalue weighted by Crippen LogP contribution is -2.26. The maximum absolute atomic E-state index is 5.78. The standard InChI is InChI=1S/C15H22N2OS/c1-11-3-6-13(15(16)19)14(9-11)17(2)7-8-18-10-12-4-5-12/h3,6,9,12H,4-5,7-8,10H2,1-2H3,(H2,16,19). The van der Waals surface area contributed by atoms with Gasteiger partial charge in [-0.3, -0.25) is 0 Å². The second-order valence-corrected chi connectivity index (χ2v) is 5.76. The summed E-state index contributed by atoms with van der Waals surface area (Å²) < 4.78 is 5.67. The minimum absolute atomic E-state index is 0.445. The van der Waals surface area contributed by atoms with Crippen molar-refractivity contribution in [1.82, 2.24) is 0 Å². The van der Waals surface area contributed by atoms with Gasteiger partial charge >= 0.3 is 0 Å². The first-order chi connectivity index (χ1) is 9.08. The molecule has 0 unspecified atom stereocenters. The molecule has 1 aromatic carbocycles. The average molecular weight is 278 g/mol. The van der Waals surface area contributed by atoms with Crippen LogP contribution in [0.4, 0.5) is 5.69 Å². The van der Waals surface area contributed by atoms with E-state index >= 15 is 0 Å². The lowest BCUT2D eigenvalue weighted by Gasteiger charge is -2.22. The molecule has 2 rings (SSSR count). The highest BCUT2D eigenvalue weighted by molar-refractivity contribution is 7.80. The minimum Gasteiger partial charge on any atom is -0.389 e. The van der Waals surface area contributed by atoms with Crippen LogP contribution in [0.5, 0.6) is 0 Å². The number of nitrogens with two attached hydrogens (primary N) is 1. The van der Waals surface area contributed by atoms with Crippen LogP contribution in [0.15, 0.2) is 18.2 Å². The number of hydrogen-bond acceptors (Lipinski definition) is 3. The van der Waals surface area contributed by atoms with Crippen molar-refractivity contribution in [3.05, 3.63) is 29.3 Å². The van der Waals surface area contributed by atoms with Gasteiger partial charge in [0.1, 0.15) is 4.99 Å². The molecule has 0 radical (unpaired) electrons. The van der Waals surface area contributed by atoms with Crippen molar-refractivity contribution in [3.63, 3.8) is 0 Å². The molecule has 0 heterocycles. The summed E-state index contributed by atoms with van der Waals surface area (Å²) in [5.41, 5.74) is 9.01. The Morgan fingerprint density at radius 3 is 2.84 bits per heavy atom. The molecular formula is C15H22N2OS. The Labute approximate surface area is 120 Å². The molecule has 1 aliphatic carbocycles. The number of rotatable bonds is 7. The first-order valence-electron chi connectivity index (χ1n) is 6.77. The molecule has 1 fully saturated rings. The lowest BCUT2D eigenvalue weighted by molar-refractivity contribution is 0.131. The van der Waals surface area contributed by atoms with Gasteiger partial charge in [-0.1, -0.05) is 18.3 Å². The Balaban J connectivity index is 1.93. The van der Waals surface area contributed by atoms with Crippen LogP contribution in [0, 0.1) is 12.8 Å². The Morgan fingerprint density at radius 1 is 1.47 bits per heavy atom. The molecule has 1 aliphatic rings. The van der Waals surface area contributed by atoms with E-state index in [1.54, 1.807) is 0 Å². The zero-order valence-electron chi connectivity index (χ0n) is 11.7. The molecule has 0 aliphatic heterocycles. The van der Waals surface area contributed by atoms with Gasteiger partial charge in [0.15, 0.2) is 0 Å². The van der Waals surface area contributed by atoms with Crippen LogP contribution in [-0.2, 0) is 4.74 Å². The van der Waals surface area contributed by atoms with E-state index in [0.717, 1.165) is 36.9 Å². The number of aryl methyl sites for hydroxylation is 1. The Hall–Kier alpha value is -1.13. The van der Waals surface area contributed by atoms with Crippen molar-refractivity contribution in [2.45, 2.75) is 19.8 Å². The van der Waals surface area contributed by atoms with Crippen LogP contribution < -0.4 is 10.6 Å². The van der Waals surface area contributed by atoms with E-state index in [1.807, 2.05) is 12.1 Å². The third-order valence-corrected chi connectivity index (χ3v) is 3.67. The van der Waals surface area contributed by atoms with Crippen LogP contribution >= 0.6 is 12.2 Å². The maximum Gasteiger partial charge on any atom is 0.106 e. The molecule has 0 aromatic heterocycles. The van der Waals surface area contributed by atoms with Crippen LogP contribution in [-0.4, -0.2) is 31.8 Å². The summed E-state index contributed by atoms with van der Waals surface area (Å²) in [4.78, 5) is 2.61. The van der Waals surface area contributed by atoms with Gasteiger partial charge in [-0.05, 0) is 43.4 Å². The molecule has 1 saturated carbocycles. The summed E-state index contributed by atoms with van der Waals surface area (Å²) in [5, 5.41) is 0. The molecule has 0 amide bonds. The third kappa shape index (κ3) is 4.18. The normalized spacial score (nSPS) is 14.4. The summed E-state index contributed by atoms with van der Waals surface area (Å²) in [7, 11) is 2.05. The van der Waals surface area contributed by atoms with E-state index in [-0.39, 0.29) is 0 Å². The second kappa shape index (κ2) is 6.35. The molecular weight excluding hydrogens is 256 g/mol. The highest BCUT2D eigenvalue weighted by Gasteiger charge is 2.21. The van der Waals surface area contributed by atoms with Crippen LogP contribution in [0.1, 0.15) is 24.0 Å². The number of nitrogens with zero attached hydrogens (tertiary/aromatic N) is 1. The monoisotopic (exact) mass is 278 g/mol. The van der Waals surface area contributed by atoms with Crippen molar-refractivity contribution in [2.75, 3.05) is 31.7 Å². The summed E-state index contributed by atoms with van der Waals surface area (Å²) in [6, 6.07) is 6.15. The van der Waals surface area contributed by atoms with Crippen LogP contribution in [0.2, 0.25) is 0 Å². The van der Waals surface area contributed by atoms with E-state index in [1.165, 1.54) is 18.4 Å². The van der Waals surface area contributed by atoms with Gasteiger partial charge in [-0.2, -0.15) is 0 Å². The molecule has 1 aromatic rings. The molecule has 0 saturated heterocycles. The number of thiocarbonyl (C=S) groups is 1. The van der Waals surface area contributed by atoms with E-state index in [9.17, 15) is 0 Å². The molecule has 0 spiro atoms. The molecule has 0 atom stereocenters. The van der Waals surface area contributed by atoms with Gasteiger partial charge in [-0.25, -0.2) is 0 Å². The third-order valence-electron chi connectivity index (χ3n) is 3.45. The number of likely N-dealkylation sites (N-methyl/N-ethyl adjacent to an activating group) is 1. The minimum atomic E-state index is 0.445. The topological polar surface area (TPSA) is 38.5 Å². The fourth-order valence-electron chi connectivity index (χ4n) is 2.02. The summed E-state index contributed by atoms with van der Waals surface area (Å²) in [6.07, 6.45) is 2.67. The lowest BCUT2D eigenvalue weighted by atomic mass is 10.1. The fourth-order valence-corrected chi connectivity index (χ4v) is 2.19. The summed E-state index contributed by atoms with van der Waals surface area (Å²) >= 11 is 5.11. The molecule has 2 N–H and O–H groups in total. The van der Waals surface area contributed by atoms with Crippen molar-refractivity contribution in [1.29, 1.82) is 0 Å². The zero-order chi connectivity index (χ0) is 13.8. The highest BCUT2D eigenvalue weighted by atomic mass is 32.1. The number of benzene rings is 1. The smallest absolute Gasteiger partial charge is 0.106 e. The summed E-state index contributed by atoms with van der Waals surface area (Å²) in [6.45, 7) is 4.58. The Morgan fingerprint density at radius 2 is 2.21 bits per heavy atom. The Kier molecular flexibility index (Phi) is 4.77. The highest BCUT2D eigenvalue weighted by Crippen LogP contribution is 2.28. The van der Waals surface area contributed by atoms with Gasteiger partial charge in [0.05, 0.1) is 6.61 Å². The first-order valence-corrected chi connectivity index (χ1v) is 7.18. The van der Waals surface area contributed by atoms with Gasteiger partial charge in [0, 0.05) is 31.5 Å². The predicted octanol–water partition coefficient (Wildman–Crippen LogP) is 2.49. The quantitative estimate of drug-likeness (QED) is 0.614. The van der Waals surface area contributed by atoms with Crippen molar-refractivity contribution in [2.24, 2.45) is 11.7 Å². The molecule has 19 heavy (non-hydrogen) atoms. The summed E-state index contributed by atoms with van der Waals surface area (Å²) in [5.74, 6) is 0.816. The van der Waals surface area contributed by atoms with Crippen molar-refractivity contribution >= 4 is 22.9 Å². The molecule has 104 valence electrons. The van der Waals surface area contributed by atoms with E-state index in [4.69, 9.17) is 22.7 Å². The first kappa shape index (κ1) is 14.3. The molecule has 0 bridgehead atoms. The number of hydrogen-bond donors (Lipinski definition) is 1. The fraction of sp³-hybridized carbons (Fsp3) is 0.533. The average Bonchev–Trinajstić information content (AvgIpc) is 3.18. The van der Waals surface area contributed by atoms with Gasteiger partial charge in [0.25, 0.3) is 0 Å². The van der Waals surface area contributed by atoms with Gasteiger partial charge in [-0.15, -0.1) is 0 Å². The largest absolute Gasteiger partial charge is 0.389 e. The number of ether oxygens (including phenoxy) is 1. The van der Waals surface area contributed by atoms with Gasteiger partial charge < -0.3 is 15.4 Å². The Bertz CT molecular complexity index is 457. The predicted molar refractivity (Wildman–Crippen MR) is 83.9 cm³/mol. The SMILES string of the molecule is Cc1ccc(C(N)=S)c(N(C)CCOCC2CC2)c1. The van der Waals surface area contributed by atoms with E-state index < -0.39 is 0 Å². The molecule has 3 nitrogen and oxygen atoms in total. The van der Waals surface area contributed by atoms with E-state index in [0.29, 0.717) is 4.99 Å². The second-order valence-electron chi connectivity index (χ2n) is 5.32. The molecule has 4 heteroatoms. The van der Waals surface area contributed by atoms with Crippen molar-refractivity contribution < 1.29 is 4.74 Å². The number of anilines is 1. The zero-order valence-corrected chi connectivity index (χ0v) is 12.5.